The van der Waals surface area contributed by atoms with Crippen molar-refractivity contribution in [1.82, 2.24) is 9.88 Å². The fraction of sp³-hybridized carbons (Fsp3) is 0.300. The molecule has 0 bridgehead atoms. The van der Waals surface area contributed by atoms with Crippen LogP contribution in [0.1, 0.15) is 6.42 Å². The first-order chi connectivity index (χ1) is 13.6. The van der Waals surface area contributed by atoms with Gasteiger partial charge < -0.3 is 15.5 Å². The van der Waals surface area contributed by atoms with Crippen LogP contribution in [0.5, 0.6) is 0 Å². The van der Waals surface area contributed by atoms with E-state index in [0.29, 0.717) is 18.8 Å². The van der Waals surface area contributed by atoms with E-state index in [0.717, 1.165) is 24.5 Å². The summed E-state index contributed by atoms with van der Waals surface area (Å²) >= 11 is 0. The van der Waals surface area contributed by atoms with Crippen molar-refractivity contribution in [2.45, 2.75) is 12.5 Å². The molecule has 1 unspecified atom stereocenters. The average molecular weight is 378 g/mol. The zero-order chi connectivity index (χ0) is 19.5. The minimum Gasteiger partial charge on any atom is -0.368 e. The number of nitrogens with zero attached hydrogens (tertiary/aromatic N) is 5. The first kappa shape index (κ1) is 18.0. The van der Waals surface area contributed by atoms with Gasteiger partial charge in [0.2, 0.25) is 5.91 Å². The van der Waals surface area contributed by atoms with Crippen molar-refractivity contribution < 1.29 is 9.59 Å². The molecular weight excluding hydrogens is 356 g/mol. The summed E-state index contributed by atoms with van der Waals surface area (Å²) in [6, 6.07) is 12.6. The van der Waals surface area contributed by atoms with E-state index in [2.05, 4.69) is 15.0 Å². The summed E-state index contributed by atoms with van der Waals surface area (Å²) in [5.41, 5.74) is 7.79. The molecule has 1 aromatic heterocycles. The minimum absolute atomic E-state index is 0.126. The molecule has 1 atom stereocenters. The summed E-state index contributed by atoms with van der Waals surface area (Å²) < 4.78 is 0. The van der Waals surface area contributed by atoms with E-state index in [1.54, 1.807) is 22.3 Å². The topological polar surface area (TPSA) is 95.1 Å². The van der Waals surface area contributed by atoms with Crippen LogP contribution in [0, 0.1) is 0 Å². The predicted molar refractivity (Wildman–Crippen MR) is 107 cm³/mol. The molecule has 3 heterocycles. The normalized spacial score (nSPS) is 19.5. The van der Waals surface area contributed by atoms with Crippen LogP contribution in [0.25, 0.3) is 0 Å². The smallest absolute Gasteiger partial charge is 0.270 e. The Morgan fingerprint density at radius 2 is 1.61 bits per heavy atom. The van der Waals surface area contributed by atoms with Crippen LogP contribution in [0.3, 0.4) is 0 Å². The molecule has 2 aliphatic heterocycles. The number of amides is 2. The van der Waals surface area contributed by atoms with E-state index in [4.69, 9.17) is 5.73 Å². The third kappa shape index (κ3) is 3.53. The summed E-state index contributed by atoms with van der Waals surface area (Å²) in [4.78, 5) is 32.9. The van der Waals surface area contributed by atoms with Gasteiger partial charge >= 0.3 is 0 Å². The Balaban J connectivity index is 1.45. The van der Waals surface area contributed by atoms with Crippen LogP contribution in [-0.2, 0) is 9.59 Å². The lowest BCUT2D eigenvalue weighted by Gasteiger charge is -2.36. The van der Waals surface area contributed by atoms with Gasteiger partial charge in [-0.15, -0.1) is 0 Å². The molecule has 8 heteroatoms. The molecule has 8 nitrogen and oxygen atoms in total. The highest BCUT2D eigenvalue weighted by molar-refractivity contribution is 6.40. The number of carbonyl (C=O) groups excluding carboxylic acids is 2. The molecule has 4 rings (SSSR count). The third-order valence-corrected chi connectivity index (χ3v) is 5.10. The van der Waals surface area contributed by atoms with E-state index < -0.39 is 11.9 Å². The zero-order valence-electron chi connectivity index (χ0n) is 15.4. The highest BCUT2D eigenvalue weighted by atomic mass is 16.2. The summed E-state index contributed by atoms with van der Waals surface area (Å²) in [6.07, 6.45) is 3.76. The molecule has 1 saturated heterocycles. The van der Waals surface area contributed by atoms with E-state index in [1.165, 1.54) is 0 Å². The maximum atomic E-state index is 13.0. The van der Waals surface area contributed by atoms with Gasteiger partial charge in [0.1, 0.15) is 11.8 Å². The van der Waals surface area contributed by atoms with Gasteiger partial charge in [0.15, 0.2) is 0 Å². The van der Waals surface area contributed by atoms with Crippen LogP contribution < -0.4 is 15.6 Å². The Morgan fingerprint density at radius 1 is 0.929 bits per heavy atom. The number of carbonyl (C=O) groups is 2. The van der Waals surface area contributed by atoms with Crippen molar-refractivity contribution in [3.05, 3.63) is 54.9 Å². The van der Waals surface area contributed by atoms with Gasteiger partial charge in [-0.1, -0.05) is 18.2 Å². The van der Waals surface area contributed by atoms with Crippen LogP contribution in [0.4, 0.5) is 11.4 Å². The standard InChI is InChI=1S/C20H22N6O2/c21-19(27)18-14-17(23-26(18)16-4-2-1-3-5-16)20(28)25-12-10-24(11-13-25)15-6-8-22-9-7-15/h1-9,18H,10-14H2,(H2,21,27). The Morgan fingerprint density at radius 3 is 2.25 bits per heavy atom. The van der Waals surface area contributed by atoms with E-state index in [-0.39, 0.29) is 12.3 Å². The van der Waals surface area contributed by atoms with Crippen molar-refractivity contribution in [3.63, 3.8) is 0 Å². The van der Waals surface area contributed by atoms with E-state index in [9.17, 15) is 9.59 Å². The molecule has 2 aliphatic rings. The minimum atomic E-state index is -0.639. The number of benzene rings is 1. The second kappa shape index (κ2) is 7.67. The lowest BCUT2D eigenvalue weighted by molar-refractivity contribution is -0.124. The average Bonchev–Trinajstić information content (AvgIpc) is 3.20. The fourth-order valence-corrected chi connectivity index (χ4v) is 3.58. The number of primary amides is 1. The van der Waals surface area contributed by atoms with Crippen molar-refractivity contribution >= 4 is 28.9 Å². The number of piperazine rings is 1. The summed E-state index contributed by atoms with van der Waals surface area (Å²) in [7, 11) is 0. The van der Waals surface area contributed by atoms with E-state index >= 15 is 0 Å². The Hall–Kier alpha value is -3.42. The molecule has 2 N–H and O–H groups in total. The number of anilines is 2. The lowest BCUT2D eigenvalue weighted by Crippen LogP contribution is -2.50. The van der Waals surface area contributed by atoms with Crippen LogP contribution in [0.2, 0.25) is 0 Å². The van der Waals surface area contributed by atoms with Gasteiger partial charge in [-0.05, 0) is 24.3 Å². The zero-order valence-corrected chi connectivity index (χ0v) is 15.4. The van der Waals surface area contributed by atoms with Crippen LogP contribution >= 0.6 is 0 Å². The molecule has 0 spiro atoms. The molecule has 1 fully saturated rings. The number of rotatable bonds is 4. The summed E-state index contributed by atoms with van der Waals surface area (Å²) in [6.45, 7) is 2.69. The number of hydrogen-bond acceptors (Lipinski definition) is 6. The van der Waals surface area contributed by atoms with Gasteiger partial charge in [-0.3, -0.25) is 19.6 Å². The Labute approximate surface area is 163 Å². The van der Waals surface area contributed by atoms with Crippen molar-refractivity contribution in [3.8, 4) is 0 Å². The molecular formula is C20H22N6O2. The van der Waals surface area contributed by atoms with E-state index in [1.807, 2.05) is 42.5 Å². The SMILES string of the molecule is NC(=O)C1CC(C(=O)N2CCN(c3ccncc3)CC2)=NN1c1ccccc1. The number of hydrazone groups is 1. The largest absolute Gasteiger partial charge is 0.368 e. The first-order valence-electron chi connectivity index (χ1n) is 9.29. The second-order valence-electron chi connectivity index (χ2n) is 6.83. The van der Waals surface area contributed by atoms with Crippen molar-refractivity contribution in [1.29, 1.82) is 0 Å². The molecule has 144 valence electrons. The van der Waals surface area contributed by atoms with Gasteiger partial charge in [-0.2, -0.15) is 5.10 Å². The number of para-hydroxylation sites is 1. The number of hydrogen-bond donors (Lipinski definition) is 1. The van der Waals surface area contributed by atoms with Gasteiger partial charge in [0.25, 0.3) is 5.91 Å². The van der Waals surface area contributed by atoms with Gasteiger partial charge in [0.05, 0.1) is 5.69 Å². The highest BCUT2D eigenvalue weighted by Gasteiger charge is 2.37. The van der Waals surface area contributed by atoms with Crippen LogP contribution in [-0.4, -0.2) is 59.6 Å². The fourth-order valence-electron chi connectivity index (χ4n) is 3.58. The molecule has 1 aromatic carbocycles. The number of pyridine rings is 1. The quantitative estimate of drug-likeness (QED) is 0.851. The lowest BCUT2D eigenvalue weighted by atomic mass is 10.1. The summed E-state index contributed by atoms with van der Waals surface area (Å²) in [5.74, 6) is -0.614. The van der Waals surface area contributed by atoms with Crippen LogP contribution in [0.15, 0.2) is 60.0 Å². The molecule has 2 aromatic rings. The van der Waals surface area contributed by atoms with Gasteiger partial charge in [-0.25, -0.2) is 0 Å². The molecule has 28 heavy (non-hydrogen) atoms. The van der Waals surface area contributed by atoms with Gasteiger partial charge in [0, 0.05) is 50.7 Å². The number of aromatic nitrogens is 1. The maximum absolute atomic E-state index is 13.0. The predicted octanol–water partition coefficient (Wildman–Crippen LogP) is 0.850. The molecule has 0 aliphatic carbocycles. The monoisotopic (exact) mass is 378 g/mol. The van der Waals surface area contributed by atoms with Crippen molar-refractivity contribution in [2.75, 3.05) is 36.1 Å². The Bertz CT molecular complexity index is 878. The van der Waals surface area contributed by atoms with Crippen molar-refractivity contribution in [2.24, 2.45) is 10.8 Å². The third-order valence-electron chi connectivity index (χ3n) is 5.10. The first-order valence-corrected chi connectivity index (χ1v) is 9.29. The molecule has 0 saturated carbocycles. The molecule has 2 amide bonds. The highest BCUT2D eigenvalue weighted by Crippen LogP contribution is 2.25. The Kier molecular flexibility index (Phi) is 4.92. The second-order valence-corrected chi connectivity index (χ2v) is 6.83. The summed E-state index contributed by atoms with van der Waals surface area (Å²) in [5, 5.41) is 6.01. The number of nitrogens with two attached hydrogens (primary N) is 1. The molecule has 0 radical (unpaired) electrons. The maximum Gasteiger partial charge on any atom is 0.270 e.